The highest BCUT2D eigenvalue weighted by atomic mass is 35.5. The normalized spacial score (nSPS) is 15.2. The van der Waals surface area contributed by atoms with Crippen LogP contribution in [0.4, 0.5) is 0 Å². The average molecular weight is 431 g/mol. The molecular weight excluding hydrogens is 408 g/mol. The van der Waals surface area contributed by atoms with Crippen molar-refractivity contribution in [1.82, 2.24) is 9.88 Å². The van der Waals surface area contributed by atoms with Crippen LogP contribution in [0, 0.1) is 0 Å². The Labute approximate surface area is 179 Å². The monoisotopic (exact) mass is 430 g/mol. The van der Waals surface area contributed by atoms with Crippen LogP contribution in [0.1, 0.15) is 36.6 Å². The number of aromatic nitrogens is 1. The summed E-state index contributed by atoms with van der Waals surface area (Å²) in [4.78, 5) is 20.6. The van der Waals surface area contributed by atoms with E-state index in [9.17, 15) is 4.79 Å². The Bertz CT molecular complexity index is 900. The number of thioether (sulfide) groups is 1. The SMILES string of the molecule is O=C(CCCSc1ccc(Cl)cc1)N1CCC(c2nc3ccccc3s2)CC1. The number of hydrogen-bond donors (Lipinski definition) is 0. The molecule has 4 rings (SSSR count). The molecule has 0 unspecified atom stereocenters. The number of halogens is 1. The van der Waals surface area contributed by atoms with E-state index in [1.54, 1.807) is 23.1 Å². The van der Waals surface area contributed by atoms with Crippen molar-refractivity contribution in [2.75, 3.05) is 18.8 Å². The molecule has 28 heavy (non-hydrogen) atoms. The van der Waals surface area contributed by atoms with Crippen molar-refractivity contribution in [3.63, 3.8) is 0 Å². The van der Waals surface area contributed by atoms with Crippen LogP contribution >= 0.6 is 34.7 Å². The Morgan fingerprint density at radius 2 is 1.89 bits per heavy atom. The first-order valence-electron chi connectivity index (χ1n) is 9.70. The van der Waals surface area contributed by atoms with E-state index in [0.717, 1.165) is 48.6 Å². The lowest BCUT2D eigenvalue weighted by atomic mass is 9.97. The van der Waals surface area contributed by atoms with Gasteiger partial charge < -0.3 is 4.90 Å². The molecule has 0 aliphatic carbocycles. The summed E-state index contributed by atoms with van der Waals surface area (Å²) in [5.74, 6) is 1.73. The number of para-hydroxylation sites is 1. The molecule has 3 aromatic rings. The third kappa shape index (κ3) is 4.88. The lowest BCUT2D eigenvalue weighted by Gasteiger charge is -2.31. The Hall–Kier alpha value is -1.56. The van der Waals surface area contributed by atoms with Crippen molar-refractivity contribution >= 4 is 50.8 Å². The fourth-order valence-corrected chi connectivity index (χ4v) is 5.66. The van der Waals surface area contributed by atoms with E-state index in [-0.39, 0.29) is 0 Å². The van der Waals surface area contributed by atoms with Crippen LogP contribution in [-0.4, -0.2) is 34.6 Å². The molecule has 0 atom stereocenters. The quantitative estimate of drug-likeness (QED) is 0.343. The number of amides is 1. The average Bonchev–Trinajstić information content (AvgIpc) is 3.17. The zero-order valence-corrected chi connectivity index (χ0v) is 18.0. The van der Waals surface area contributed by atoms with E-state index in [0.29, 0.717) is 18.2 Å². The molecule has 2 aromatic carbocycles. The lowest BCUT2D eigenvalue weighted by Crippen LogP contribution is -2.37. The second-order valence-corrected chi connectivity index (χ2v) is 9.75. The first-order valence-corrected chi connectivity index (χ1v) is 11.9. The van der Waals surface area contributed by atoms with Gasteiger partial charge in [-0.05, 0) is 61.4 Å². The number of likely N-dealkylation sites (tertiary alicyclic amines) is 1. The molecular formula is C22H23ClN2OS2. The number of hydrogen-bond acceptors (Lipinski definition) is 4. The van der Waals surface area contributed by atoms with Crippen molar-refractivity contribution < 1.29 is 4.79 Å². The van der Waals surface area contributed by atoms with Gasteiger partial charge in [0.05, 0.1) is 15.2 Å². The third-order valence-corrected chi connectivity index (χ3v) is 7.67. The Morgan fingerprint density at radius 3 is 2.64 bits per heavy atom. The Balaban J connectivity index is 1.21. The summed E-state index contributed by atoms with van der Waals surface area (Å²) in [6, 6.07) is 16.2. The van der Waals surface area contributed by atoms with Crippen LogP contribution in [0.15, 0.2) is 53.4 Å². The zero-order valence-electron chi connectivity index (χ0n) is 15.6. The number of nitrogens with zero attached hydrogens (tertiary/aromatic N) is 2. The number of carbonyl (C=O) groups excluding carboxylic acids is 1. The van der Waals surface area contributed by atoms with Gasteiger partial charge in [-0.2, -0.15) is 0 Å². The van der Waals surface area contributed by atoms with E-state index in [1.807, 2.05) is 35.2 Å². The van der Waals surface area contributed by atoms with Crippen molar-refractivity contribution in [2.24, 2.45) is 0 Å². The Morgan fingerprint density at radius 1 is 1.14 bits per heavy atom. The number of piperidine rings is 1. The van der Waals surface area contributed by atoms with Gasteiger partial charge in [0.25, 0.3) is 0 Å². The van der Waals surface area contributed by atoms with E-state index in [2.05, 4.69) is 18.2 Å². The van der Waals surface area contributed by atoms with Gasteiger partial charge in [0, 0.05) is 35.3 Å². The highest BCUT2D eigenvalue weighted by Crippen LogP contribution is 2.34. The summed E-state index contributed by atoms with van der Waals surface area (Å²) in [7, 11) is 0. The van der Waals surface area contributed by atoms with Gasteiger partial charge in [0.15, 0.2) is 0 Å². The standard InChI is InChI=1S/C22H23ClN2OS2/c23-17-7-9-18(10-8-17)27-15-3-6-21(26)25-13-11-16(12-14-25)22-24-19-4-1-2-5-20(19)28-22/h1-2,4-5,7-10,16H,3,6,11-15H2. The van der Waals surface area contributed by atoms with E-state index in [1.165, 1.54) is 14.6 Å². The van der Waals surface area contributed by atoms with Crippen LogP contribution < -0.4 is 0 Å². The molecule has 1 aliphatic heterocycles. The number of rotatable bonds is 6. The number of thiazole rings is 1. The zero-order chi connectivity index (χ0) is 19.3. The summed E-state index contributed by atoms with van der Waals surface area (Å²) in [6.07, 6.45) is 3.58. The van der Waals surface area contributed by atoms with Crippen molar-refractivity contribution in [2.45, 2.75) is 36.5 Å². The summed E-state index contributed by atoms with van der Waals surface area (Å²) >= 11 is 9.49. The fraction of sp³-hybridized carbons (Fsp3) is 0.364. The van der Waals surface area contributed by atoms with Crippen molar-refractivity contribution in [1.29, 1.82) is 0 Å². The molecule has 2 heterocycles. The topological polar surface area (TPSA) is 33.2 Å². The molecule has 3 nitrogen and oxygen atoms in total. The highest BCUT2D eigenvalue weighted by molar-refractivity contribution is 7.99. The second kappa shape index (κ2) is 9.29. The molecule has 0 bridgehead atoms. The maximum Gasteiger partial charge on any atom is 0.222 e. The maximum atomic E-state index is 12.5. The molecule has 1 fully saturated rings. The summed E-state index contributed by atoms with van der Waals surface area (Å²) in [5.41, 5.74) is 1.10. The smallest absolute Gasteiger partial charge is 0.222 e. The molecule has 6 heteroatoms. The van der Waals surface area contributed by atoms with Crippen LogP contribution in [0.2, 0.25) is 5.02 Å². The Kier molecular flexibility index (Phi) is 6.55. The predicted octanol–water partition coefficient (Wildman–Crippen LogP) is 6.23. The van der Waals surface area contributed by atoms with E-state index in [4.69, 9.17) is 16.6 Å². The van der Waals surface area contributed by atoms with Crippen LogP contribution in [0.3, 0.4) is 0 Å². The van der Waals surface area contributed by atoms with Gasteiger partial charge in [-0.15, -0.1) is 23.1 Å². The van der Waals surface area contributed by atoms with Gasteiger partial charge in [0.1, 0.15) is 0 Å². The highest BCUT2D eigenvalue weighted by Gasteiger charge is 2.25. The molecule has 1 saturated heterocycles. The molecule has 1 amide bonds. The minimum atomic E-state index is 0.291. The fourth-order valence-electron chi connectivity index (χ4n) is 3.54. The van der Waals surface area contributed by atoms with Crippen molar-refractivity contribution in [3.05, 3.63) is 58.6 Å². The largest absolute Gasteiger partial charge is 0.343 e. The van der Waals surface area contributed by atoms with Gasteiger partial charge in [-0.25, -0.2) is 4.98 Å². The minimum absolute atomic E-state index is 0.291. The number of carbonyl (C=O) groups is 1. The molecule has 0 saturated carbocycles. The van der Waals surface area contributed by atoms with E-state index >= 15 is 0 Å². The van der Waals surface area contributed by atoms with Crippen LogP contribution in [-0.2, 0) is 4.79 Å². The predicted molar refractivity (Wildman–Crippen MR) is 120 cm³/mol. The molecule has 0 radical (unpaired) electrons. The van der Waals surface area contributed by atoms with Crippen LogP contribution in [0.5, 0.6) is 0 Å². The second-order valence-electron chi connectivity index (χ2n) is 7.08. The molecule has 1 aliphatic rings. The van der Waals surface area contributed by atoms with Gasteiger partial charge >= 0.3 is 0 Å². The van der Waals surface area contributed by atoms with Gasteiger partial charge in [-0.1, -0.05) is 23.7 Å². The van der Waals surface area contributed by atoms with Gasteiger partial charge in [-0.3, -0.25) is 4.79 Å². The van der Waals surface area contributed by atoms with Crippen LogP contribution in [0.25, 0.3) is 10.2 Å². The van der Waals surface area contributed by atoms with Gasteiger partial charge in [0.2, 0.25) is 5.91 Å². The maximum absolute atomic E-state index is 12.5. The summed E-state index contributed by atoms with van der Waals surface area (Å²) in [5, 5.41) is 1.99. The third-order valence-electron chi connectivity index (χ3n) is 5.12. The first kappa shape index (κ1) is 19.7. The molecule has 0 spiro atoms. The molecule has 0 N–H and O–H groups in total. The summed E-state index contributed by atoms with van der Waals surface area (Å²) in [6.45, 7) is 1.70. The molecule has 1 aromatic heterocycles. The van der Waals surface area contributed by atoms with Crippen molar-refractivity contribution in [3.8, 4) is 0 Å². The number of benzene rings is 2. The minimum Gasteiger partial charge on any atom is -0.343 e. The van der Waals surface area contributed by atoms with E-state index < -0.39 is 0 Å². The number of fused-ring (bicyclic) bond motifs is 1. The first-order chi connectivity index (χ1) is 13.7. The lowest BCUT2D eigenvalue weighted by molar-refractivity contribution is -0.132. The summed E-state index contributed by atoms with van der Waals surface area (Å²) < 4.78 is 1.26. The molecule has 146 valence electrons.